The highest BCUT2D eigenvalue weighted by molar-refractivity contribution is 4.91. The second-order valence-corrected chi connectivity index (χ2v) is 4.99. The second-order valence-electron chi connectivity index (χ2n) is 4.99. The van der Waals surface area contributed by atoms with Crippen molar-refractivity contribution in [3.63, 3.8) is 0 Å². The maximum atomic E-state index is 3.58. The Bertz CT molecular complexity index is 152. The number of nitrogens with zero attached hydrogens (tertiary/aromatic N) is 1. The SMILES string of the molecule is CC(C)[C@H]1CNC(C)(C)CN1C. The fourth-order valence-corrected chi connectivity index (χ4v) is 2.08. The van der Waals surface area contributed by atoms with E-state index in [1.807, 2.05) is 0 Å². The van der Waals surface area contributed by atoms with Crippen LogP contribution in [0.4, 0.5) is 0 Å². The van der Waals surface area contributed by atoms with Crippen molar-refractivity contribution in [3.05, 3.63) is 0 Å². The average molecular weight is 170 g/mol. The van der Waals surface area contributed by atoms with E-state index in [0.29, 0.717) is 11.6 Å². The summed E-state index contributed by atoms with van der Waals surface area (Å²) in [5, 5.41) is 3.58. The zero-order valence-corrected chi connectivity index (χ0v) is 9.02. The van der Waals surface area contributed by atoms with Gasteiger partial charge in [-0.1, -0.05) is 13.8 Å². The first-order valence-electron chi connectivity index (χ1n) is 4.88. The van der Waals surface area contributed by atoms with Crippen molar-refractivity contribution in [2.45, 2.75) is 39.3 Å². The van der Waals surface area contributed by atoms with Crippen molar-refractivity contribution >= 4 is 0 Å². The summed E-state index contributed by atoms with van der Waals surface area (Å²) in [7, 11) is 2.23. The first-order chi connectivity index (χ1) is 5.42. The van der Waals surface area contributed by atoms with Gasteiger partial charge in [0.05, 0.1) is 0 Å². The summed E-state index contributed by atoms with van der Waals surface area (Å²) in [6, 6.07) is 0.707. The molecule has 0 bridgehead atoms. The number of rotatable bonds is 1. The van der Waals surface area contributed by atoms with Gasteiger partial charge in [-0.25, -0.2) is 0 Å². The molecule has 0 aromatic heterocycles. The predicted octanol–water partition coefficient (Wildman–Crippen LogP) is 1.32. The Morgan fingerprint density at radius 3 is 2.42 bits per heavy atom. The maximum absolute atomic E-state index is 3.58. The largest absolute Gasteiger partial charge is 0.309 e. The maximum Gasteiger partial charge on any atom is 0.0252 e. The molecule has 1 aliphatic heterocycles. The molecule has 2 heteroatoms. The molecule has 2 nitrogen and oxygen atoms in total. The third-order valence-electron chi connectivity index (χ3n) is 2.77. The molecular weight excluding hydrogens is 148 g/mol. The highest BCUT2D eigenvalue weighted by Crippen LogP contribution is 2.17. The van der Waals surface area contributed by atoms with E-state index in [1.54, 1.807) is 0 Å². The van der Waals surface area contributed by atoms with E-state index in [0.717, 1.165) is 19.0 Å². The van der Waals surface area contributed by atoms with Gasteiger partial charge in [0.2, 0.25) is 0 Å². The van der Waals surface area contributed by atoms with E-state index in [-0.39, 0.29) is 0 Å². The van der Waals surface area contributed by atoms with Crippen LogP contribution >= 0.6 is 0 Å². The lowest BCUT2D eigenvalue weighted by molar-refractivity contribution is 0.0946. The van der Waals surface area contributed by atoms with Crippen molar-refractivity contribution in [2.75, 3.05) is 20.1 Å². The standard InChI is InChI=1S/C10H22N2/c1-8(2)9-6-11-10(3,4)7-12(9)5/h8-9,11H,6-7H2,1-5H3/t9-/m1/s1. The smallest absolute Gasteiger partial charge is 0.0252 e. The molecule has 1 rings (SSSR count). The Morgan fingerprint density at radius 2 is 2.00 bits per heavy atom. The fourth-order valence-electron chi connectivity index (χ4n) is 2.08. The molecule has 72 valence electrons. The van der Waals surface area contributed by atoms with Crippen LogP contribution in [0.15, 0.2) is 0 Å². The molecule has 1 aliphatic rings. The fraction of sp³-hybridized carbons (Fsp3) is 1.00. The Kier molecular flexibility index (Phi) is 2.79. The van der Waals surface area contributed by atoms with Crippen LogP contribution < -0.4 is 5.32 Å². The van der Waals surface area contributed by atoms with Crippen LogP contribution in [-0.4, -0.2) is 36.6 Å². The number of hydrogen-bond donors (Lipinski definition) is 1. The van der Waals surface area contributed by atoms with Gasteiger partial charge in [0.1, 0.15) is 0 Å². The third-order valence-corrected chi connectivity index (χ3v) is 2.77. The first kappa shape index (κ1) is 10.0. The molecule has 1 atom stereocenters. The molecule has 0 spiro atoms. The van der Waals surface area contributed by atoms with E-state index >= 15 is 0 Å². The monoisotopic (exact) mass is 170 g/mol. The topological polar surface area (TPSA) is 15.3 Å². The molecule has 1 N–H and O–H groups in total. The van der Waals surface area contributed by atoms with E-state index in [1.165, 1.54) is 0 Å². The van der Waals surface area contributed by atoms with Crippen LogP contribution in [0.1, 0.15) is 27.7 Å². The lowest BCUT2D eigenvalue weighted by Crippen LogP contribution is -2.61. The summed E-state index contributed by atoms with van der Waals surface area (Å²) in [4.78, 5) is 2.47. The summed E-state index contributed by atoms with van der Waals surface area (Å²) in [6.07, 6.45) is 0. The summed E-state index contributed by atoms with van der Waals surface area (Å²) >= 11 is 0. The van der Waals surface area contributed by atoms with Gasteiger partial charge in [0.25, 0.3) is 0 Å². The van der Waals surface area contributed by atoms with Crippen LogP contribution in [0, 0.1) is 5.92 Å². The van der Waals surface area contributed by atoms with Crippen molar-refractivity contribution in [1.82, 2.24) is 10.2 Å². The Morgan fingerprint density at radius 1 is 1.42 bits per heavy atom. The first-order valence-corrected chi connectivity index (χ1v) is 4.88. The molecule has 0 aromatic carbocycles. The highest BCUT2D eigenvalue weighted by atomic mass is 15.2. The molecule has 0 aromatic rings. The summed E-state index contributed by atoms with van der Waals surface area (Å²) in [6.45, 7) is 11.4. The molecule has 1 saturated heterocycles. The Labute approximate surface area is 76.3 Å². The van der Waals surface area contributed by atoms with Gasteiger partial charge in [0, 0.05) is 24.7 Å². The molecule has 0 saturated carbocycles. The number of nitrogens with one attached hydrogen (secondary N) is 1. The molecular formula is C10H22N2. The van der Waals surface area contributed by atoms with E-state index < -0.39 is 0 Å². The van der Waals surface area contributed by atoms with Crippen LogP contribution in [0.2, 0.25) is 0 Å². The van der Waals surface area contributed by atoms with Gasteiger partial charge in [-0.05, 0) is 26.8 Å². The van der Waals surface area contributed by atoms with E-state index in [2.05, 4.69) is 45.0 Å². The molecule has 0 unspecified atom stereocenters. The van der Waals surface area contributed by atoms with E-state index in [4.69, 9.17) is 0 Å². The zero-order chi connectivity index (χ0) is 9.35. The minimum absolute atomic E-state index is 0.292. The quantitative estimate of drug-likeness (QED) is 0.638. The van der Waals surface area contributed by atoms with Crippen molar-refractivity contribution < 1.29 is 0 Å². The normalized spacial score (nSPS) is 31.0. The molecule has 0 aliphatic carbocycles. The summed E-state index contributed by atoms with van der Waals surface area (Å²) in [5.74, 6) is 0.749. The number of piperazine rings is 1. The minimum atomic E-state index is 0.292. The average Bonchev–Trinajstić information content (AvgIpc) is 1.83. The predicted molar refractivity (Wildman–Crippen MR) is 53.3 cm³/mol. The van der Waals surface area contributed by atoms with Gasteiger partial charge in [-0.2, -0.15) is 0 Å². The number of hydrogen-bond acceptors (Lipinski definition) is 2. The van der Waals surface area contributed by atoms with Gasteiger partial charge < -0.3 is 10.2 Å². The van der Waals surface area contributed by atoms with Crippen molar-refractivity contribution in [2.24, 2.45) is 5.92 Å². The lowest BCUT2D eigenvalue weighted by atomic mass is 9.94. The molecule has 0 amide bonds. The summed E-state index contributed by atoms with van der Waals surface area (Å²) < 4.78 is 0. The highest BCUT2D eigenvalue weighted by Gasteiger charge is 2.31. The van der Waals surface area contributed by atoms with Crippen LogP contribution in [0.25, 0.3) is 0 Å². The molecule has 1 fully saturated rings. The summed E-state index contributed by atoms with van der Waals surface area (Å²) in [5.41, 5.74) is 0.292. The van der Waals surface area contributed by atoms with Crippen molar-refractivity contribution in [3.8, 4) is 0 Å². The van der Waals surface area contributed by atoms with Gasteiger partial charge in [-0.3, -0.25) is 0 Å². The third kappa shape index (κ3) is 2.20. The minimum Gasteiger partial charge on any atom is -0.309 e. The van der Waals surface area contributed by atoms with E-state index in [9.17, 15) is 0 Å². The van der Waals surface area contributed by atoms with Crippen LogP contribution in [0.3, 0.4) is 0 Å². The van der Waals surface area contributed by atoms with Gasteiger partial charge in [-0.15, -0.1) is 0 Å². The van der Waals surface area contributed by atoms with Gasteiger partial charge >= 0.3 is 0 Å². The molecule has 12 heavy (non-hydrogen) atoms. The zero-order valence-electron chi connectivity index (χ0n) is 9.02. The Balaban J connectivity index is 2.54. The molecule has 0 radical (unpaired) electrons. The number of likely N-dealkylation sites (N-methyl/N-ethyl adjacent to an activating group) is 1. The Hall–Kier alpha value is -0.0800. The van der Waals surface area contributed by atoms with Crippen LogP contribution in [0.5, 0.6) is 0 Å². The lowest BCUT2D eigenvalue weighted by Gasteiger charge is -2.44. The second kappa shape index (κ2) is 3.35. The van der Waals surface area contributed by atoms with Gasteiger partial charge in [0.15, 0.2) is 0 Å². The van der Waals surface area contributed by atoms with Crippen molar-refractivity contribution in [1.29, 1.82) is 0 Å². The molecule has 1 heterocycles. The van der Waals surface area contributed by atoms with Crippen LogP contribution in [-0.2, 0) is 0 Å².